The van der Waals surface area contributed by atoms with E-state index in [0.717, 1.165) is 15.9 Å². The van der Waals surface area contributed by atoms with E-state index < -0.39 is 0 Å². The maximum absolute atomic E-state index is 5.85. The molecule has 0 aliphatic carbocycles. The minimum atomic E-state index is 0.488. The van der Waals surface area contributed by atoms with Gasteiger partial charge in [0.1, 0.15) is 18.2 Å². The molecule has 2 aromatic rings. The Hall–Kier alpha value is -1.30. The van der Waals surface area contributed by atoms with E-state index in [1.165, 1.54) is 0 Å². The Morgan fingerprint density at radius 1 is 1.37 bits per heavy atom. The summed E-state index contributed by atoms with van der Waals surface area (Å²) in [5, 5.41) is 3.77. The highest BCUT2D eigenvalue weighted by molar-refractivity contribution is 9.10. The highest BCUT2D eigenvalue weighted by Gasteiger charge is 2.04. The number of hydrogen-bond acceptors (Lipinski definition) is 4. The summed E-state index contributed by atoms with van der Waals surface area (Å²) in [4.78, 5) is 4.21. The molecule has 0 saturated carbocycles. The predicted molar refractivity (Wildman–Crippen MR) is 81.2 cm³/mol. The molecule has 0 fully saturated rings. The second-order valence-corrected chi connectivity index (χ2v) is 5.06. The number of hydrogen-bond donors (Lipinski definition) is 2. The van der Waals surface area contributed by atoms with Crippen LogP contribution >= 0.6 is 27.5 Å². The minimum absolute atomic E-state index is 0.488. The van der Waals surface area contributed by atoms with Crippen molar-refractivity contribution in [2.45, 2.75) is 0 Å². The van der Waals surface area contributed by atoms with Crippen molar-refractivity contribution in [2.75, 3.05) is 18.5 Å². The molecule has 6 heteroatoms. The number of nitrogens with one attached hydrogen (secondary N) is 1. The lowest BCUT2D eigenvalue weighted by Gasteiger charge is -2.10. The van der Waals surface area contributed by atoms with E-state index in [4.69, 9.17) is 22.1 Å². The van der Waals surface area contributed by atoms with Crippen LogP contribution in [0.25, 0.3) is 0 Å². The van der Waals surface area contributed by atoms with Crippen molar-refractivity contribution in [1.29, 1.82) is 0 Å². The molecule has 0 aliphatic heterocycles. The normalized spacial score (nSPS) is 10.3. The number of pyridine rings is 1. The third-order valence-corrected chi connectivity index (χ3v) is 3.10. The molecule has 1 heterocycles. The number of aromatic nitrogens is 1. The lowest BCUT2D eigenvalue weighted by molar-refractivity contribution is 0.328. The third-order valence-electron chi connectivity index (χ3n) is 2.29. The molecule has 0 atom stereocenters. The van der Waals surface area contributed by atoms with Gasteiger partial charge < -0.3 is 15.8 Å². The van der Waals surface area contributed by atoms with Gasteiger partial charge in [0.25, 0.3) is 0 Å². The van der Waals surface area contributed by atoms with Gasteiger partial charge in [-0.1, -0.05) is 17.7 Å². The molecule has 0 bridgehead atoms. The predicted octanol–water partition coefficient (Wildman–Crippen LogP) is 3.58. The molecule has 0 unspecified atom stereocenters. The molecule has 1 aromatic heterocycles. The van der Waals surface area contributed by atoms with Crippen LogP contribution in [0.5, 0.6) is 5.75 Å². The quantitative estimate of drug-likeness (QED) is 0.872. The standard InChI is InChI=1S/C13H13BrClN3O/c14-12-6-9(15)8-17-13(12)18-10-2-1-3-11(7-10)19-5-4-16/h1-3,6-8H,4-5,16H2,(H,17,18). The van der Waals surface area contributed by atoms with Gasteiger partial charge in [-0.05, 0) is 34.1 Å². The van der Waals surface area contributed by atoms with E-state index in [2.05, 4.69) is 26.2 Å². The summed E-state index contributed by atoms with van der Waals surface area (Å²) in [6.45, 7) is 0.980. The van der Waals surface area contributed by atoms with Crippen LogP contribution in [-0.2, 0) is 0 Å². The van der Waals surface area contributed by atoms with E-state index in [-0.39, 0.29) is 0 Å². The summed E-state index contributed by atoms with van der Waals surface area (Å²) in [5.41, 5.74) is 6.28. The Balaban J connectivity index is 2.14. The summed E-state index contributed by atoms with van der Waals surface area (Å²) in [7, 11) is 0. The van der Waals surface area contributed by atoms with Crippen molar-refractivity contribution in [3.63, 3.8) is 0 Å². The molecule has 3 N–H and O–H groups in total. The Labute approximate surface area is 125 Å². The molecule has 100 valence electrons. The molecule has 4 nitrogen and oxygen atoms in total. The SMILES string of the molecule is NCCOc1cccc(Nc2ncc(Cl)cc2Br)c1. The zero-order chi connectivity index (χ0) is 13.7. The smallest absolute Gasteiger partial charge is 0.144 e. The Kier molecular flexibility index (Phi) is 5.01. The van der Waals surface area contributed by atoms with Crippen LogP contribution < -0.4 is 15.8 Å². The van der Waals surface area contributed by atoms with Crippen molar-refractivity contribution in [3.8, 4) is 5.75 Å². The fourth-order valence-corrected chi connectivity index (χ4v) is 2.22. The minimum Gasteiger partial charge on any atom is -0.492 e. The molecule has 2 rings (SSSR count). The summed E-state index contributed by atoms with van der Waals surface area (Å²) in [6.07, 6.45) is 1.59. The number of rotatable bonds is 5. The summed E-state index contributed by atoms with van der Waals surface area (Å²) in [5.74, 6) is 1.46. The van der Waals surface area contributed by atoms with Crippen molar-refractivity contribution < 1.29 is 4.74 Å². The van der Waals surface area contributed by atoms with Gasteiger partial charge in [-0.3, -0.25) is 0 Å². The fraction of sp³-hybridized carbons (Fsp3) is 0.154. The maximum Gasteiger partial charge on any atom is 0.144 e. The highest BCUT2D eigenvalue weighted by Crippen LogP contribution is 2.27. The average Bonchev–Trinajstić information content (AvgIpc) is 2.40. The van der Waals surface area contributed by atoms with Crippen molar-refractivity contribution in [2.24, 2.45) is 5.73 Å². The molecule has 0 spiro atoms. The first-order chi connectivity index (χ1) is 9.19. The lowest BCUT2D eigenvalue weighted by Crippen LogP contribution is -2.10. The summed E-state index contributed by atoms with van der Waals surface area (Å²) >= 11 is 9.26. The van der Waals surface area contributed by atoms with E-state index in [9.17, 15) is 0 Å². The number of anilines is 2. The van der Waals surface area contributed by atoms with Gasteiger partial charge in [-0.15, -0.1) is 0 Å². The van der Waals surface area contributed by atoms with Gasteiger partial charge in [0, 0.05) is 24.5 Å². The number of nitrogens with two attached hydrogens (primary N) is 1. The molecule has 1 aromatic carbocycles. The van der Waals surface area contributed by atoms with Crippen LogP contribution in [0.1, 0.15) is 0 Å². The first kappa shape index (κ1) is 14.1. The number of halogens is 2. The van der Waals surface area contributed by atoms with E-state index in [1.807, 2.05) is 24.3 Å². The van der Waals surface area contributed by atoms with Gasteiger partial charge in [0.05, 0.1) is 9.50 Å². The Morgan fingerprint density at radius 2 is 2.21 bits per heavy atom. The van der Waals surface area contributed by atoms with Crippen molar-refractivity contribution in [3.05, 3.63) is 46.0 Å². The molecule has 0 saturated heterocycles. The van der Waals surface area contributed by atoms with Crippen LogP contribution in [0.4, 0.5) is 11.5 Å². The molecule has 0 aliphatic rings. The van der Waals surface area contributed by atoms with Gasteiger partial charge in [0.2, 0.25) is 0 Å². The Bertz CT molecular complexity index is 565. The fourth-order valence-electron chi connectivity index (χ4n) is 1.48. The van der Waals surface area contributed by atoms with E-state index >= 15 is 0 Å². The first-order valence-corrected chi connectivity index (χ1v) is 6.87. The molecular weight excluding hydrogens is 330 g/mol. The highest BCUT2D eigenvalue weighted by atomic mass is 79.9. The number of ether oxygens (including phenoxy) is 1. The van der Waals surface area contributed by atoms with Crippen LogP contribution in [0.2, 0.25) is 5.02 Å². The van der Waals surface area contributed by atoms with E-state index in [0.29, 0.717) is 24.0 Å². The number of nitrogens with zero attached hydrogens (tertiary/aromatic N) is 1. The van der Waals surface area contributed by atoms with Crippen molar-refractivity contribution >= 4 is 39.0 Å². The molecule has 19 heavy (non-hydrogen) atoms. The second kappa shape index (κ2) is 6.75. The average molecular weight is 343 g/mol. The zero-order valence-electron chi connectivity index (χ0n) is 10.1. The van der Waals surface area contributed by atoms with Crippen LogP contribution in [0.3, 0.4) is 0 Å². The molecule has 0 amide bonds. The van der Waals surface area contributed by atoms with Gasteiger partial charge in [-0.2, -0.15) is 0 Å². The van der Waals surface area contributed by atoms with Gasteiger partial charge >= 0.3 is 0 Å². The largest absolute Gasteiger partial charge is 0.492 e. The topological polar surface area (TPSA) is 60.2 Å². The number of benzene rings is 1. The van der Waals surface area contributed by atoms with E-state index in [1.54, 1.807) is 12.3 Å². The third kappa shape index (κ3) is 4.09. The maximum atomic E-state index is 5.85. The van der Waals surface area contributed by atoms with Crippen LogP contribution in [0, 0.1) is 0 Å². The Morgan fingerprint density at radius 3 is 2.95 bits per heavy atom. The summed E-state index contributed by atoms with van der Waals surface area (Å²) in [6, 6.07) is 9.38. The van der Waals surface area contributed by atoms with Gasteiger partial charge in [-0.25, -0.2) is 4.98 Å². The summed E-state index contributed by atoms with van der Waals surface area (Å²) < 4.78 is 6.26. The van der Waals surface area contributed by atoms with Crippen LogP contribution in [-0.4, -0.2) is 18.1 Å². The monoisotopic (exact) mass is 341 g/mol. The van der Waals surface area contributed by atoms with Gasteiger partial charge in [0.15, 0.2) is 0 Å². The lowest BCUT2D eigenvalue weighted by atomic mass is 10.3. The zero-order valence-corrected chi connectivity index (χ0v) is 12.4. The van der Waals surface area contributed by atoms with Crippen molar-refractivity contribution in [1.82, 2.24) is 4.98 Å². The first-order valence-electron chi connectivity index (χ1n) is 5.70. The molecule has 0 radical (unpaired) electrons. The van der Waals surface area contributed by atoms with Crippen LogP contribution in [0.15, 0.2) is 41.0 Å². The molecular formula is C13H13BrClN3O. The second-order valence-electron chi connectivity index (χ2n) is 3.77.